The van der Waals surface area contributed by atoms with E-state index in [1.807, 2.05) is 26.0 Å². The molecule has 0 saturated heterocycles. The molecule has 0 unspecified atom stereocenters. The van der Waals surface area contributed by atoms with Crippen LogP contribution in [0.15, 0.2) is 53.4 Å². The van der Waals surface area contributed by atoms with Crippen LogP contribution in [0.25, 0.3) is 0 Å². The Morgan fingerprint density at radius 1 is 1.00 bits per heavy atom. The Balaban J connectivity index is 2.22. The SMILES string of the molecule is CC(C)c1ccccc1OS(=O)(=O)c1ccc(NC(=O)C(C)(C)C)cc1. The molecule has 2 aromatic carbocycles. The fourth-order valence-electron chi connectivity index (χ4n) is 2.22. The molecule has 1 N–H and O–H groups in total. The zero-order chi connectivity index (χ0) is 19.5. The van der Waals surface area contributed by atoms with Crippen LogP contribution in [0, 0.1) is 5.41 Å². The summed E-state index contributed by atoms with van der Waals surface area (Å²) in [6, 6.07) is 13.0. The summed E-state index contributed by atoms with van der Waals surface area (Å²) in [5.41, 5.74) is 0.825. The number of hydrogen-bond donors (Lipinski definition) is 1. The molecule has 2 rings (SSSR count). The molecule has 0 spiro atoms. The van der Waals surface area contributed by atoms with Crippen molar-refractivity contribution in [3.8, 4) is 5.75 Å². The standard InChI is InChI=1S/C20H25NO4S/c1-14(2)17-8-6-7-9-18(17)25-26(23,24)16-12-10-15(11-13-16)21-19(22)20(3,4)5/h6-14H,1-5H3,(H,21,22). The van der Waals surface area contributed by atoms with Gasteiger partial charge in [0.25, 0.3) is 0 Å². The van der Waals surface area contributed by atoms with Gasteiger partial charge in [-0.2, -0.15) is 8.42 Å². The molecule has 0 atom stereocenters. The van der Waals surface area contributed by atoms with E-state index in [4.69, 9.17) is 4.18 Å². The molecule has 140 valence electrons. The topological polar surface area (TPSA) is 72.5 Å². The van der Waals surface area contributed by atoms with Gasteiger partial charge >= 0.3 is 10.1 Å². The number of rotatable bonds is 5. The van der Waals surface area contributed by atoms with Crippen LogP contribution in [0.3, 0.4) is 0 Å². The first-order chi connectivity index (χ1) is 12.0. The maximum Gasteiger partial charge on any atom is 0.339 e. The van der Waals surface area contributed by atoms with Crippen molar-refractivity contribution in [2.45, 2.75) is 45.4 Å². The number of nitrogens with one attached hydrogen (secondary N) is 1. The number of amides is 1. The molecule has 0 bridgehead atoms. The highest BCUT2D eigenvalue weighted by Crippen LogP contribution is 2.29. The van der Waals surface area contributed by atoms with Gasteiger partial charge in [-0.15, -0.1) is 0 Å². The van der Waals surface area contributed by atoms with Crippen LogP contribution in [0.2, 0.25) is 0 Å². The summed E-state index contributed by atoms with van der Waals surface area (Å²) < 4.78 is 30.5. The molecular formula is C20H25NO4S. The van der Waals surface area contributed by atoms with E-state index in [-0.39, 0.29) is 16.7 Å². The first-order valence-corrected chi connectivity index (χ1v) is 9.86. The van der Waals surface area contributed by atoms with E-state index in [0.717, 1.165) is 5.56 Å². The summed E-state index contributed by atoms with van der Waals surface area (Å²) in [7, 11) is -3.96. The van der Waals surface area contributed by atoms with E-state index in [9.17, 15) is 13.2 Å². The molecule has 0 radical (unpaired) electrons. The zero-order valence-electron chi connectivity index (χ0n) is 15.7. The minimum atomic E-state index is -3.96. The van der Waals surface area contributed by atoms with E-state index < -0.39 is 15.5 Å². The fraction of sp³-hybridized carbons (Fsp3) is 0.350. The Kier molecular flexibility index (Phi) is 5.76. The largest absolute Gasteiger partial charge is 0.379 e. The van der Waals surface area contributed by atoms with Crippen molar-refractivity contribution in [3.63, 3.8) is 0 Å². The molecule has 2 aromatic rings. The summed E-state index contributed by atoms with van der Waals surface area (Å²) in [5, 5.41) is 2.76. The van der Waals surface area contributed by atoms with Gasteiger partial charge in [-0.3, -0.25) is 4.79 Å². The lowest BCUT2D eigenvalue weighted by atomic mass is 9.95. The number of anilines is 1. The summed E-state index contributed by atoms with van der Waals surface area (Å²) in [6.45, 7) is 9.37. The van der Waals surface area contributed by atoms with Gasteiger partial charge in [0.2, 0.25) is 5.91 Å². The summed E-state index contributed by atoms with van der Waals surface area (Å²) in [5.74, 6) is 0.319. The third-order valence-electron chi connectivity index (χ3n) is 3.82. The lowest BCUT2D eigenvalue weighted by Crippen LogP contribution is -2.27. The Morgan fingerprint density at radius 2 is 1.58 bits per heavy atom. The van der Waals surface area contributed by atoms with Crippen molar-refractivity contribution in [2.24, 2.45) is 5.41 Å². The second-order valence-corrected chi connectivity index (χ2v) is 9.00. The summed E-state index contributed by atoms with van der Waals surface area (Å²) >= 11 is 0. The van der Waals surface area contributed by atoms with Crippen molar-refractivity contribution in [1.29, 1.82) is 0 Å². The Morgan fingerprint density at radius 3 is 2.12 bits per heavy atom. The fourth-order valence-corrected chi connectivity index (χ4v) is 3.18. The van der Waals surface area contributed by atoms with E-state index in [0.29, 0.717) is 11.4 Å². The van der Waals surface area contributed by atoms with Gasteiger partial charge in [-0.1, -0.05) is 52.8 Å². The average Bonchev–Trinajstić information content (AvgIpc) is 2.54. The predicted molar refractivity (Wildman–Crippen MR) is 103 cm³/mol. The van der Waals surface area contributed by atoms with E-state index in [2.05, 4.69) is 5.32 Å². The van der Waals surface area contributed by atoms with Crippen molar-refractivity contribution in [3.05, 3.63) is 54.1 Å². The Hall–Kier alpha value is -2.34. The molecule has 0 heterocycles. The first kappa shape index (κ1) is 20.0. The van der Waals surface area contributed by atoms with Gasteiger partial charge in [0.05, 0.1) is 0 Å². The van der Waals surface area contributed by atoms with Crippen molar-refractivity contribution in [1.82, 2.24) is 0 Å². The van der Waals surface area contributed by atoms with E-state index >= 15 is 0 Å². The molecule has 0 saturated carbocycles. The Bertz CT molecular complexity index is 879. The first-order valence-electron chi connectivity index (χ1n) is 8.45. The van der Waals surface area contributed by atoms with Gasteiger partial charge in [0, 0.05) is 11.1 Å². The van der Waals surface area contributed by atoms with Gasteiger partial charge < -0.3 is 9.50 Å². The quantitative estimate of drug-likeness (QED) is 0.778. The van der Waals surface area contributed by atoms with Crippen LogP contribution in [-0.4, -0.2) is 14.3 Å². The third-order valence-corrected chi connectivity index (χ3v) is 5.07. The molecular weight excluding hydrogens is 350 g/mol. The average molecular weight is 375 g/mol. The van der Waals surface area contributed by atoms with Gasteiger partial charge in [-0.05, 0) is 41.8 Å². The molecule has 0 aliphatic rings. The van der Waals surface area contributed by atoms with Gasteiger partial charge in [0.1, 0.15) is 10.6 Å². The van der Waals surface area contributed by atoms with Crippen LogP contribution < -0.4 is 9.50 Å². The maximum atomic E-state index is 12.6. The molecule has 0 fully saturated rings. The Labute approximate surface area is 155 Å². The zero-order valence-corrected chi connectivity index (χ0v) is 16.6. The van der Waals surface area contributed by atoms with E-state index in [1.54, 1.807) is 45.0 Å². The van der Waals surface area contributed by atoms with Crippen molar-refractivity contribution < 1.29 is 17.4 Å². The maximum absolute atomic E-state index is 12.6. The van der Waals surface area contributed by atoms with Gasteiger partial charge in [-0.25, -0.2) is 0 Å². The molecule has 0 aromatic heterocycles. The highest BCUT2D eigenvalue weighted by Gasteiger charge is 2.22. The number of benzene rings is 2. The summed E-state index contributed by atoms with van der Waals surface area (Å²) in [6.07, 6.45) is 0. The van der Waals surface area contributed by atoms with Crippen molar-refractivity contribution >= 4 is 21.7 Å². The minimum Gasteiger partial charge on any atom is -0.379 e. The summed E-state index contributed by atoms with van der Waals surface area (Å²) in [4.78, 5) is 12.0. The molecule has 6 heteroatoms. The second kappa shape index (κ2) is 7.50. The lowest BCUT2D eigenvalue weighted by Gasteiger charge is -2.18. The third kappa shape index (κ3) is 4.85. The number of hydrogen-bond acceptors (Lipinski definition) is 4. The van der Waals surface area contributed by atoms with Crippen LogP contribution in [0.5, 0.6) is 5.75 Å². The monoisotopic (exact) mass is 375 g/mol. The van der Waals surface area contributed by atoms with Crippen molar-refractivity contribution in [2.75, 3.05) is 5.32 Å². The van der Waals surface area contributed by atoms with Crippen LogP contribution in [-0.2, 0) is 14.9 Å². The van der Waals surface area contributed by atoms with Crippen LogP contribution >= 0.6 is 0 Å². The second-order valence-electron chi connectivity index (χ2n) is 7.46. The minimum absolute atomic E-state index is 0.0322. The number of carbonyl (C=O) groups is 1. The number of para-hydroxylation sites is 1. The van der Waals surface area contributed by atoms with Gasteiger partial charge in [0.15, 0.2) is 0 Å². The molecule has 1 amide bonds. The lowest BCUT2D eigenvalue weighted by molar-refractivity contribution is -0.123. The normalized spacial score (nSPS) is 12.1. The highest BCUT2D eigenvalue weighted by molar-refractivity contribution is 7.87. The van der Waals surface area contributed by atoms with Crippen LogP contribution in [0.1, 0.15) is 46.1 Å². The predicted octanol–water partition coefficient (Wildman–Crippen LogP) is 4.56. The van der Waals surface area contributed by atoms with Crippen LogP contribution in [0.4, 0.5) is 5.69 Å². The molecule has 26 heavy (non-hydrogen) atoms. The van der Waals surface area contributed by atoms with E-state index in [1.165, 1.54) is 12.1 Å². The highest BCUT2D eigenvalue weighted by atomic mass is 32.2. The molecule has 5 nitrogen and oxygen atoms in total. The smallest absolute Gasteiger partial charge is 0.339 e. The molecule has 0 aliphatic carbocycles. The number of carbonyl (C=O) groups excluding carboxylic acids is 1. The molecule has 0 aliphatic heterocycles.